The summed E-state index contributed by atoms with van der Waals surface area (Å²) in [6.45, 7) is 9.46. The summed E-state index contributed by atoms with van der Waals surface area (Å²) >= 11 is 0. The average Bonchev–Trinajstić information content (AvgIpc) is 2.65. The zero-order valence-electron chi connectivity index (χ0n) is 11.7. The SMILES string of the molecule is CCN(CC)c1ccc([N+](=O)[O-])c2c1=NC(C)(C)N=2. The summed E-state index contributed by atoms with van der Waals surface area (Å²) in [6.07, 6.45) is 0. The number of nitro benzene ring substituents is 1. The smallest absolute Gasteiger partial charge is 0.296 e. The topological polar surface area (TPSA) is 71.1 Å². The minimum absolute atomic E-state index is 0.0280. The van der Waals surface area contributed by atoms with Gasteiger partial charge < -0.3 is 4.90 Å². The fourth-order valence-corrected chi connectivity index (χ4v) is 2.32. The number of benzene rings is 1. The molecule has 0 saturated heterocycles. The lowest BCUT2D eigenvalue weighted by atomic mass is 10.2. The molecule has 0 radical (unpaired) electrons. The molecule has 1 aliphatic rings. The normalized spacial score (nSPS) is 15.4. The third-order valence-corrected chi connectivity index (χ3v) is 3.18. The molecule has 6 nitrogen and oxygen atoms in total. The highest BCUT2D eigenvalue weighted by atomic mass is 16.6. The van der Waals surface area contributed by atoms with Gasteiger partial charge in [-0.2, -0.15) is 0 Å². The van der Waals surface area contributed by atoms with Gasteiger partial charge >= 0.3 is 0 Å². The number of nitro groups is 1. The molecular formula is C13H18N4O2. The fraction of sp³-hybridized carbons (Fsp3) is 0.538. The minimum atomic E-state index is -0.629. The van der Waals surface area contributed by atoms with Gasteiger partial charge in [-0.1, -0.05) is 0 Å². The predicted molar refractivity (Wildman–Crippen MR) is 73.0 cm³/mol. The van der Waals surface area contributed by atoms with E-state index in [9.17, 15) is 10.1 Å². The maximum absolute atomic E-state index is 11.1. The Labute approximate surface area is 111 Å². The number of nitrogens with zero attached hydrogens (tertiary/aromatic N) is 4. The van der Waals surface area contributed by atoms with Gasteiger partial charge in [0, 0.05) is 19.2 Å². The van der Waals surface area contributed by atoms with E-state index in [1.54, 1.807) is 6.07 Å². The highest BCUT2D eigenvalue weighted by Crippen LogP contribution is 2.18. The highest BCUT2D eigenvalue weighted by molar-refractivity contribution is 5.51. The predicted octanol–water partition coefficient (Wildman–Crippen LogP) is 1.43. The van der Waals surface area contributed by atoms with E-state index in [4.69, 9.17) is 0 Å². The zero-order valence-corrected chi connectivity index (χ0v) is 11.7. The summed E-state index contributed by atoms with van der Waals surface area (Å²) in [5, 5.41) is 12.1. The molecule has 0 atom stereocenters. The van der Waals surface area contributed by atoms with Crippen LogP contribution in [0.3, 0.4) is 0 Å². The van der Waals surface area contributed by atoms with E-state index >= 15 is 0 Å². The first kappa shape index (κ1) is 13.5. The summed E-state index contributed by atoms with van der Waals surface area (Å²) in [4.78, 5) is 21.7. The number of rotatable bonds is 4. The van der Waals surface area contributed by atoms with Crippen LogP contribution < -0.4 is 15.6 Å². The van der Waals surface area contributed by atoms with Crippen molar-refractivity contribution in [2.24, 2.45) is 9.98 Å². The van der Waals surface area contributed by atoms with Crippen LogP contribution in [-0.4, -0.2) is 23.7 Å². The van der Waals surface area contributed by atoms with Crippen LogP contribution in [0.1, 0.15) is 27.7 Å². The first-order valence-corrected chi connectivity index (χ1v) is 6.41. The van der Waals surface area contributed by atoms with Crippen molar-refractivity contribution in [1.82, 2.24) is 0 Å². The van der Waals surface area contributed by atoms with Gasteiger partial charge in [0.05, 0.1) is 10.6 Å². The molecule has 0 aliphatic carbocycles. The van der Waals surface area contributed by atoms with E-state index in [-0.39, 0.29) is 5.69 Å². The molecule has 0 amide bonds. The molecule has 1 aromatic rings. The van der Waals surface area contributed by atoms with E-state index in [2.05, 4.69) is 28.7 Å². The van der Waals surface area contributed by atoms with Crippen LogP contribution in [0, 0.1) is 10.1 Å². The van der Waals surface area contributed by atoms with Gasteiger partial charge in [0.25, 0.3) is 5.69 Å². The van der Waals surface area contributed by atoms with Gasteiger partial charge in [0.2, 0.25) is 0 Å². The molecule has 1 aromatic carbocycles. The second-order valence-electron chi connectivity index (χ2n) is 4.95. The van der Waals surface area contributed by atoms with E-state index in [0.717, 1.165) is 18.8 Å². The van der Waals surface area contributed by atoms with Crippen molar-refractivity contribution < 1.29 is 4.92 Å². The molecule has 2 rings (SSSR count). The summed E-state index contributed by atoms with van der Waals surface area (Å²) in [5.41, 5.74) is 0.316. The number of fused-ring (bicyclic) bond motifs is 1. The maximum atomic E-state index is 11.1. The molecule has 0 fully saturated rings. The lowest BCUT2D eigenvalue weighted by Gasteiger charge is -2.20. The highest BCUT2D eigenvalue weighted by Gasteiger charge is 2.26. The van der Waals surface area contributed by atoms with Crippen LogP contribution in [0.4, 0.5) is 11.4 Å². The van der Waals surface area contributed by atoms with E-state index in [1.807, 2.05) is 13.8 Å². The second-order valence-corrected chi connectivity index (χ2v) is 4.95. The number of hydrogen-bond acceptors (Lipinski definition) is 5. The van der Waals surface area contributed by atoms with Crippen LogP contribution >= 0.6 is 0 Å². The standard InChI is InChI=1S/C13H18N4O2/c1-5-16(6-2)9-7-8-10(17(18)19)12-11(9)14-13(3,4)15-12/h7-8H,5-6H2,1-4H3. The number of non-ortho nitro benzene ring substituents is 1. The van der Waals surface area contributed by atoms with Crippen LogP contribution in [0.2, 0.25) is 0 Å². The Morgan fingerprint density at radius 3 is 2.32 bits per heavy atom. The molecule has 0 bridgehead atoms. The van der Waals surface area contributed by atoms with Crippen LogP contribution in [0.5, 0.6) is 0 Å². The van der Waals surface area contributed by atoms with Gasteiger partial charge in [-0.05, 0) is 33.8 Å². The summed E-state index contributed by atoms with van der Waals surface area (Å²) in [5.74, 6) is 0. The average molecular weight is 262 g/mol. The quantitative estimate of drug-likeness (QED) is 0.608. The minimum Gasteiger partial charge on any atom is -0.370 e. The van der Waals surface area contributed by atoms with E-state index in [1.165, 1.54) is 6.07 Å². The summed E-state index contributed by atoms with van der Waals surface area (Å²) < 4.78 is 0. The molecule has 0 saturated carbocycles. The third-order valence-electron chi connectivity index (χ3n) is 3.18. The molecule has 102 valence electrons. The van der Waals surface area contributed by atoms with E-state index < -0.39 is 10.6 Å². The van der Waals surface area contributed by atoms with Crippen molar-refractivity contribution in [2.75, 3.05) is 18.0 Å². The Bertz CT molecular complexity index is 633. The first-order chi connectivity index (χ1) is 8.89. The van der Waals surface area contributed by atoms with Crippen molar-refractivity contribution >= 4 is 11.4 Å². The fourth-order valence-electron chi connectivity index (χ4n) is 2.32. The number of hydrogen-bond donors (Lipinski definition) is 0. The van der Waals surface area contributed by atoms with Crippen molar-refractivity contribution in [2.45, 2.75) is 33.4 Å². The van der Waals surface area contributed by atoms with Crippen molar-refractivity contribution in [3.8, 4) is 0 Å². The molecule has 0 N–H and O–H groups in total. The first-order valence-electron chi connectivity index (χ1n) is 6.41. The van der Waals surface area contributed by atoms with Crippen LogP contribution in [0.15, 0.2) is 22.1 Å². The lowest BCUT2D eigenvalue weighted by molar-refractivity contribution is -0.386. The zero-order chi connectivity index (χ0) is 14.2. The molecule has 0 unspecified atom stereocenters. The second kappa shape index (κ2) is 4.60. The monoisotopic (exact) mass is 262 g/mol. The lowest BCUT2D eigenvalue weighted by Crippen LogP contribution is -2.34. The Hall–Kier alpha value is -1.98. The molecule has 6 heteroatoms. The van der Waals surface area contributed by atoms with Gasteiger partial charge in [-0.3, -0.25) is 15.1 Å². The van der Waals surface area contributed by atoms with Gasteiger partial charge in [-0.15, -0.1) is 0 Å². The molecule has 19 heavy (non-hydrogen) atoms. The third kappa shape index (κ3) is 2.30. The van der Waals surface area contributed by atoms with Crippen molar-refractivity contribution in [3.05, 3.63) is 33.0 Å². The van der Waals surface area contributed by atoms with E-state index in [0.29, 0.717) is 10.7 Å². The molecule has 0 spiro atoms. The Balaban J connectivity index is 2.76. The summed E-state index contributed by atoms with van der Waals surface area (Å²) in [6, 6.07) is 3.29. The van der Waals surface area contributed by atoms with Gasteiger partial charge in [0.15, 0.2) is 5.36 Å². The molecule has 1 heterocycles. The Kier molecular flexibility index (Phi) is 3.26. The van der Waals surface area contributed by atoms with Crippen LogP contribution in [0.25, 0.3) is 0 Å². The van der Waals surface area contributed by atoms with Crippen molar-refractivity contribution in [3.63, 3.8) is 0 Å². The molecule has 0 aromatic heterocycles. The maximum Gasteiger partial charge on any atom is 0.296 e. The summed E-state index contributed by atoms with van der Waals surface area (Å²) in [7, 11) is 0. The van der Waals surface area contributed by atoms with Crippen LogP contribution in [-0.2, 0) is 0 Å². The number of anilines is 1. The molecular weight excluding hydrogens is 244 g/mol. The van der Waals surface area contributed by atoms with Gasteiger partial charge in [-0.25, -0.2) is 4.99 Å². The van der Waals surface area contributed by atoms with Gasteiger partial charge in [0.1, 0.15) is 11.0 Å². The molecule has 1 aliphatic heterocycles. The Morgan fingerprint density at radius 2 is 1.79 bits per heavy atom. The Morgan fingerprint density at radius 1 is 1.21 bits per heavy atom. The largest absolute Gasteiger partial charge is 0.370 e. The van der Waals surface area contributed by atoms with Crippen molar-refractivity contribution in [1.29, 1.82) is 0 Å².